The van der Waals surface area contributed by atoms with E-state index in [0.29, 0.717) is 45.9 Å². The maximum Gasteiger partial charge on any atom is 0.326 e. The highest BCUT2D eigenvalue weighted by Gasteiger charge is 2.52. The van der Waals surface area contributed by atoms with Gasteiger partial charge in [-0.05, 0) is 30.7 Å². The van der Waals surface area contributed by atoms with Crippen molar-refractivity contribution in [3.63, 3.8) is 0 Å². The summed E-state index contributed by atoms with van der Waals surface area (Å²) in [6.07, 6.45) is 2.35. The molecule has 1 unspecified atom stereocenters. The lowest BCUT2D eigenvalue weighted by atomic mass is 9.67. The molecule has 2 fully saturated rings. The van der Waals surface area contributed by atoms with Crippen LogP contribution in [0.1, 0.15) is 12.1 Å². The number of nitriles is 1. The Morgan fingerprint density at radius 3 is 2.88 bits per heavy atom. The lowest BCUT2D eigenvalue weighted by Crippen LogP contribution is -2.71. The number of hydrogen-bond acceptors (Lipinski definition) is 8. The fourth-order valence-corrected chi connectivity index (χ4v) is 4.69. The summed E-state index contributed by atoms with van der Waals surface area (Å²) >= 11 is 0. The minimum Gasteiger partial charge on any atom is -0.423 e. The van der Waals surface area contributed by atoms with Crippen molar-refractivity contribution in [1.29, 1.82) is 5.26 Å². The summed E-state index contributed by atoms with van der Waals surface area (Å²) in [6, 6.07) is 8.79. The molecule has 1 aromatic carbocycles. The van der Waals surface area contributed by atoms with Gasteiger partial charge in [0.1, 0.15) is 34.8 Å². The summed E-state index contributed by atoms with van der Waals surface area (Å²) in [4.78, 5) is 18.8. The van der Waals surface area contributed by atoms with Crippen LogP contribution in [-0.2, 0) is 0 Å². The third-order valence-corrected chi connectivity index (χ3v) is 6.45. The average molecular weight is 430 g/mol. The number of pyridine rings is 1. The second kappa shape index (κ2) is 6.77. The van der Waals surface area contributed by atoms with Crippen molar-refractivity contribution in [3.8, 4) is 17.8 Å². The van der Waals surface area contributed by atoms with Gasteiger partial charge in [-0.1, -0.05) is 0 Å². The number of nitrogens with two attached hydrogens (primary N) is 1. The van der Waals surface area contributed by atoms with Crippen molar-refractivity contribution in [3.05, 3.63) is 42.0 Å². The van der Waals surface area contributed by atoms with Crippen LogP contribution >= 0.6 is 0 Å². The molecule has 0 amide bonds. The average Bonchev–Trinajstić information content (AvgIpc) is 3.15. The van der Waals surface area contributed by atoms with Gasteiger partial charge in [0.2, 0.25) is 0 Å². The molecule has 3 atom stereocenters. The molecular formula is C22H19FN8O. The first-order chi connectivity index (χ1) is 15.6. The highest BCUT2D eigenvalue weighted by atomic mass is 19.1. The minimum atomic E-state index is -0.343. The third-order valence-electron chi connectivity index (χ3n) is 6.45. The first-order valence-corrected chi connectivity index (χ1v) is 10.3. The molecule has 1 aliphatic heterocycles. The number of fused-ring (bicyclic) bond motifs is 4. The molecule has 4 heterocycles. The van der Waals surface area contributed by atoms with Crippen LogP contribution < -0.4 is 20.7 Å². The van der Waals surface area contributed by atoms with E-state index < -0.39 is 0 Å². The lowest BCUT2D eigenvalue weighted by molar-refractivity contribution is 0.121. The van der Waals surface area contributed by atoms with Gasteiger partial charge in [0.15, 0.2) is 0 Å². The number of anilines is 2. The molecule has 4 aromatic rings. The largest absolute Gasteiger partial charge is 0.423 e. The Morgan fingerprint density at radius 1 is 1.34 bits per heavy atom. The number of piperidine rings is 1. The molecule has 0 radical (unpaired) electrons. The van der Waals surface area contributed by atoms with E-state index in [0.717, 1.165) is 23.9 Å². The number of H-pyrrole nitrogens is 1. The van der Waals surface area contributed by atoms with Gasteiger partial charge in [0, 0.05) is 37.0 Å². The minimum absolute atomic E-state index is 0.143. The molecule has 2 aliphatic rings. The number of nitrogens with one attached hydrogen (secondary N) is 2. The van der Waals surface area contributed by atoms with Gasteiger partial charge in [-0.25, -0.2) is 9.37 Å². The summed E-state index contributed by atoms with van der Waals surface area (Å²) < 4.78 is 20.2. The Kier molecular flexibility index (Phi) is 3.97. The normalized spacial score (nSPS) is 21.6. The number of ether oxygens (including phenoxy) is 1. The van der Waals surface area contributed by atoms with Crippen molar-refractivity contribution < 1.29 is 9.13 Å². The molecule has 160 valence electrons. The highest BCUT2D eigenvalue weighted by molar-refractivity contribution is 6.14. The second-order valence-corrected chi connectivity index (χ2v) is 8.18. The SMILES string of the molecule is CNc1cc(F)cc2c1[nH]c1nc(Oc3ccc(C#N)nc3)nc(N3C[C@H]4C3C[C@H]4N)c12. The van der Waals surface area contributed by atoms with Crippen LogP contribution in [0.2, 0.25) is 0 Å². The summed E-state index contributed by atoms with van der Waals surface area (Å²) in [5.74, 6) is 1.21. The number of nitrogens with zero attached hydrogens (tertiary/aromatic N) is 5. The Hall–Kier alpha value is -3.97. The van der Waals surface area contributed by atoms with Gasteiger partial charge in [-0.2, -0.15) is 15.2 Å². The van der Waals surface area contributed by atoms with E-state index in [9.17, 15) is 4.39 Å². The van der Waals surface area contributed by atoms with Crippen molar-refractivity contribution in [2.75, 3.05) is 23.8 Å². The number of benzene rings is 1. The van der Waals surface area contributed by atoms with Crippen molar-refractivity contribution in [1.82, 2.24) is 19.9 Å². The molecule has 1 saturated heterocycles. The zero-order chi connectivity index (χ0) is 22.0. The van der Waals surface area contributed by atoms with Crippen LogP contribution in [0.5, 0.6) is 11.8 Å². The molecule has 1 aliphatic carbocycles. The van der Waals surface area contributed by atoms with Gasteiger partial charge >= 0.3 is 6.01 Å². The van der Waals surface area contributed by atoms with Crippen LogP contribution in [0.4, 0.5) is 15.9 Å². The molecular weight excluding hydrogens is 411 g/mol. The number of hydrogen-bond donors (Lipinski definition) is 3. The smallest absolute Gasteiger partial charge is 0.326 e. The van der Waals surface area contributed by atoms with E-state index in [1.54, 1.807) is 19.2 Å². The fourth-order valence-electron chi connectivity index (χ4n) is 4.69. The van der Waals surface area contributed by atoms with Crippen molar-refractivity contribution >= 4 is 33.4 Å². The molecule has 0 spiro atoms. The standard InChI is InChI=1S/C22H19FN8O/c1-26-16-5-10(23)4-13-18-20(28-19(13)16)29-22(32-12-3-2-11(7-24)27-8-12)30-21(18)31-9-14-15(25)6-17(14)31/h2-5,8,14-15,17,26H,6,9,25H2,1H3,(H,28,29,30)/t14-,15-,17?/m1/s1. The van der Waals surface area contributed by atoms with E-state index in [2.05, 4.69) is 25.2 Å². The molecule has 4 N–H and O–H groups in total. The second-order valence-electron chi connectivity index (χ2n) is 8.18. The molecule has 10 heteroatoms. The van der Waals surface area contributed by atoms with Crippen LogP contribution in [0.25, 0.3) is 21.9 Å². The number of rotatable bonds is 4. The first kappa shape index (κ1) is 18.8. The van der Waals surface area contributed by atoms with Crippen LogP contribution in [0, 0.1) is 23.1 Å². The van der Waals surface area contributed by atoms with Gasteiger partial charge in [0.05, 0.1) is 22.8 Å². The van der Waals surface area contributed by atoms with Crippen LogP contribution in [-0.4, -0.2) is 45.6 Å². The Labute approximate surface area is 182 Å². The van der Waals surface area contributed by atoms with Crippen LogP contribution in [0.15, 0.2) is 30.5 Å². The summed E-state index contributed by atoms with van der Waals surface area (Å²) in [6.45, 7) is 0.788. The predicted molar refractivity (Wildman–Crippen MR) is 117 cm³/mol. The van der Waals surface area contributed by atoms with Crippen LogP contribution in [0.3, 0.4) is 0 Å². The Balaban J connectivity index is 1.51. The topological polar surface area (TPSA) is 129 Å². The predicted octanol–water partition coefficient (Wildman–Crippen LogP) is 2.89. The van der Waals surface area contributed by atoms with Gasteiger partial charge in [-0.3, -0.25) is 0 Å². The van der Waals surface area contributed by atoms with E-state index in [-0.39, 0.29) is 17.9 Å². The molecule has 6 rings (SSSR count). The fraction of sp³-hybridized carbons (Fsp3) is 0.273. The zero-order valence-electron chi connectivity index (χ0n) is 17.1. The molecule has 32 heavy (non-hydrogen) atoms. The van der Waals surface area contributed by atoms with E-state index in [1.807, 2.05) is 6.07 Å². The van der Waals surface area contributed by atoms with Crippen molar-refractivity contribution in [2.45, 2.75) is 18.5 Å². The van der Waals surface area contributed by atoms with E-state index in [1.165, 1.54) is 18.3 Å². The number of aromatic nitrogens is 4. The maximum absolute atomic E-state index is 14.4. The molecule has 0 bridgehead atoms. The van der Waals surface area contributed by atoms with Gasteiger partial charge in [-0.15, -0.1) is 0 Å². The zero-order valence-corrected chi connectivity index (χ0v) is 17.1. The quantitative estimate of drug-likeness (QED) is 0.451. The number of halogens is 1. The Morgan fingerprint density at radius 2 is 2.22 bits per heavy atom. The van der Waals surface area contributed by atoms with E-state index in [4.69, 9.17) is 20.7 Å². The highest BCUT2D eigenvalue weighted by Crippen LogP contribution is 2.46. The molecule has 1 saturated carbocycles. The third kappa shape index (κ3) is 2.68. The first-order valence-electron chi connectivity index (χ1n) is 10.3. The summed E-state index contributed by atoms with van der Waals surface area (Å²) in [7, 11) is 1.74. The number of aromatic amines is 1. The van der Waals surface area contributed by atoms with Crippen molar-refractivity contribution in [2.24, 2.45) is 11.7 Å². The van der Waals surface area contributed by atoms with Gasteiger partial charge in [0.25, 0.3) is 0 Å². The monoisotopic (exact) mass is 430 g/mol. The Bertz CT molecular complexity index is 1410. The maximum atomic E-state index is 14.4. The van der Waals surface area contributed by atoms with E-state index >= 15 is 0 Å². The van der Waals surface area contributed by atoms with Gasteiger partial charge < -0.3 is 25.7 Å². The summed E-state index contributed by atoms with van der Waals surface area (Å²) in [5.41, 5.74) is 8.35. The molecule has 9 nitrogen and oxygen atoms in total. The summed E-state index contributed by atoms with van der Waals surface area (Å²) in [5, 5.41) is 13.4. The molecule has 3 aromatic heterocycles. The lowest BCUT2D eigenvalue weighted by Gasteiger charge is -2.59.